The van der Waals surface area contributed by atoms with Crippen LogP contribution < -0.4 is 5.73 Å². The Morgan fingerprint density at radius 1 is 1.28 bits per heavy atom. The fourth-order valence-electron chi connectivity index (χ4n) is 2.99. The van der Waals surface area contributed by atoms with Crippen molar-refractivity contribution in [1.29, 1.82) is 0 Å². The highest BCUT2D eigenvalue weighted by atomic mass is 16.4. The van der Waals surface area contributed by atoms with Crippen molar-refractivity contribution < 1.29 is 24.6 Å². The molecule has 5 N–H and O–H groups in total. The van der Waals surface area contributed by atoms with Gasteiger partial charge in [0.05, 0.1) is 18.1 Å². The molecule has 0 radical (unpaired) electrons. The number of aromatic nitrogens is 2. The van der Waals surface area contributed by atoms with Crippen molar-refractivity contribution in [2.75, 3.05) is 0 Å². The minimum absolute atomic E-state index is 0.0175. The molecule has 1 unspecified atom stereocenters. The first-order valence-electron chi connectivity index (χ1n) is 8.53. The van der Waals surface area contributed by atoms with E-state index in [0.717, 1.165) is 12.8 Å². The number of carbonyl (C=O) groups excluding carboxylic acids is 1. The van der Waals surface area contributed by atoms with E-state index >= 15 is 0 Å². The lowest BCUT2D eigenvalue weighted by Gasteiger charge is -2.29. The summed E-state index contributed by atoms with van der Waals surface area (Å²) in [5, 5.41) is 19.3. The third-order valence-electron chi connectivity index (χ3n) is 4.61. The number of nitrogens with zero attached hydrogens (tertiary/aromatic N) is 1. The molecular formula is C17H27N3O5. The second-order valence-corrected chi connectivity index (χ2v) is 6.37. The molecule has 8 heteroatoms. The van der Waals surface area contributed by atoms with E-state index < -0.39 is 29.2 Å². The molecule has 2 atom stereocenters. The van der Waals surface area contributed by atoms with Crippen molar-refractivity contribution in [1.82, 2.24) is 9.97 Å². The van der Waals surface area contributed by atoms with Gasteiger partial charge in [0.15, 0.2) is 5.78 Å². The van der Waals surface area contributed by atoms with Gasteiger partial charge in [-0.05, 0) is 12.3 Å². The number of carboxylic acid groups (broad SMARTS) is 2. The molecular weight excluding hydrogens is 326 g/mol. The Hall–Kier alpha value is -2.22. The van der Waals surface area contributed by atoms with Crippen LogP contribution in [0, 0.1) is 11.3 Å². The Kier molecular flexibility index (Phi) is 7.76. The quantitative estimate of drug-likeness (QED) is 0.417. The normalized spacial score (nSPS) is 14.0. The highest BCUT2D eigenvalue weighted by Crippen LogP contribution is 2.34. The molecule has 0 saturated heterocycles. The van der Waals surface area contributed by atoms with Crippen molar-refractivity contribution in [3.05, 3.63) is 18.2 Å². The van der Waals surface area contributed by atoms with Gasteiger partial charge < -0.3 is 20.9 Å². The van der Waals surface area contributed by atoms with Crippen LogP contribution in [0.5, 0.6) is 0 Å². The lowest BCUT2D eigenvalue weighted by Crippen LogP contribution is -2.54. The maximum atomic E-state index is 12.8. The highest BCUT2D eigenvalue weighted by Gasteiger charge is 2.55. The second kappa shape index (κ2) is 9.31. The van der Waals surface area contributed by atoms with Gasteiger partial charge in [-0.2, -0.15) is 0 Å². The molecule has 0 spiro atoms. The third-order valence-corrected chi connectivity index (χ3v) is 4.61. The van der Waals surface area contributed by atoms with E-state index in [9.17, 15) is 24.6 Å². The van der Waals surface area contributed by atoms with E-state index in [-0.39, 0.29) is 18.8 Å². The number of ketones is 1. The number of carboxylic acids is 2. The second-order valence-electron chi connectivity index (χ2n) is 6.37. The average Bonchev–Trinajstić information content (AvgIpc) is 3.07. The SMILES string of the molecule is CCCCC(CC)CC(C(=O)O)(C(=O)O)C(=O)[C@@H](N)Cc1c[nH]cn1. The predicted molar refractivity (Wildman–Crippen MR) is 90.9 cm³/mol. The van der Waals surface area contributed by atoms with Gasteiger partial charge in [-0.15, -0.1) is 0 Å². The molecule has 1 aromatic rings. The van der Waals surface area contributed by atoms with Crippen LogP contribution in [0.4, 0.5) is 0 Å². The molecule has 1 heterocycles. The lowest BCUT2D eigenvalue weighted by atomic mass is 9.71. The van der Waals surface area contributed by atoms with Crippen LogP contribution in [-0.4, -0.2) is 43.9 Å². The molecule has 0 aliphatic carbocycles. The van der Waals surface area contributed by atoms with Gasteiger partial charge in [0, 0.05) is 12.6 Å². The molecule has 0 amide bonds. The summed E-state index contributed by atoms with van der Waals surface area (Å²) in [5.74, 6) is -4.46. The number of Topliss-reactive ketones (excluding diaryl/α,β-unsaturated/α-hetero) is 1. The first kappa shape index (κ1) is 20.8. The summed E-state index contributed by atoms with van der Waals surface area (Å²) in [4.78, 5) is 43.1. The molecule has 0 bridgehead atoms. The molecule has 8 nitrogen and oxygen atoms in total. The van der Waals surface area contributed by atoms with Crippen LogP contribution in [0.25, 0.3) is 0 Å². The topological polar surface area (TPSA) is 146 Å². The van der Waals surface area contributed by atoms with E-state index in [0.29, 0.717) is 18.5 Å². The number of nitrogens with two attached hydrogens (primary N) is 1. The van der Waals surface area contributed by atoms with Gasteiger partial charge in [0.25, 0.3) is 0 Å². The van der Waals surface area contributed by atoms with Crippen LogP contribution >= 0.6 is 0 Å². The van der Waals surface area contributed by atoms with Crippen molar-refractivity contribution >= 4 is 17.7 Å². The van der Waals surface area contributed by atoms with Gasteiger partial charge in [0.2, 0.25) is 5.41 Å². The zero-order valence-electron chi connectivity index (χ0n) is 14.7. The molecule has 0 saturated carbocycles. The number of carbonyl (C=O) groups is 3. The van der Waals surface area contributed by atoms with Crippen LogP contribution in [0.3, 0.4) is 0 Å². The number of hydrogen-bond acceptors (Lipinski definition) is 5. The number of hydrogen-bond donors (Lipinski definition) is 4. The van der Waals surface area contributed by atoms with Crippen molar-refractivity contribution in [3.8, 4) is 0 Å². The van der Waals surface area contributed by atoms with Crippen molar-refractivity contribution in [2.45, 2.75) is 58.4 Å². The Labute approximate surface area is 146 Å². The van der Waals surface area contributed by atoms with E-state index in [4.69, 9.17) is 5.73 Å². The number of H-pyrrole nitrogens is 1. The fraction of sp³-hybridized carbons (Fsp3) is 0.647. The van der Waals surface area contributed by atoms with Crippen LogP contribution in [-0.2, 0) is 20.8 Å². The summed E-state index contributed by atoms with van der Waals surface area (Å²) in [7, 11) is 0. The number of nitrogens with one attached hydrogen (secondary N) is 1. The number of rotatable bonds is 12. The molecule has 1 aromatic heterocycles. The molecule has 140 valence electrons. The smallest absolute Gasteiger partial charge is 0.328 e. The Morgan fingerprint density at radius 2 is 1.92 bits per heavy atom. The third kappa shape index (κ3) is 4.88. The largest absolute Gasteiger partial charge is 0.480 e. The average molecular weight is 353 g/mol. The van der Waals surface area contributed by atoms with Gasteiger partial charge in [-0.3, -0.25) is 14.4 Å². The lowest BCUT2D eigenvalue weighted by molar-refractivity contribution is -0.170. The first-order chi connectivity index (χ1) is 11.8. The summed E-state index contributed by atoms with van der Waals surface area (Å²) in [6, 6.07) is -1.25. The summed E-state index contributed by atoms with van der Waals surface area (Å²) in [5.41, 5.74) is 3.81. The van der Waals surface area contributed by atoms with Crippen molar-refractivity contribution in [2.24, 2.45) is 17.1 Å². The van der Waals surface area contributed by atoms with Crippen LogP contribution in [0.2, 0.25) is 0 Å². The fourth-order valence-corrected chi connectivity index (χ4v) is 2.99. The van der Waals surface area contributed by atoms with E-state index in [1.165, 1.54) is 12.5 Å². The van der Waals surface area contributed by atoms with Gasteiger partial charge in [-0.1, -0.05) is 39.5 Å². The number of unbranched alkanes of at least 4 members (excludes halogenated alkanes) is 1. The molecule has 1 rings (SSSR count). The minimum Gasteiger partial charge on any atom is -0.480 e. The van der Waals surface area contributed by atoms with E-state index in [1.807, 2.05) is 13.8 Å². The number of imidazole rings is 1. The first-order valence-corrected chi connectivity index (χ1v) is 8.53. The Balaban J connectivity index is 3.10. The highest BCUT2D eigenvalue weighted by molar-refractivity contribution is 6.20. The molecule has 25 heavy (non-hydrogen) atoms. The van der Waals surface area contributed by atoms with Crippen molar-refractivity contribution in [3.63, 3.8) is 0 Å². The molecule has 0 aromatic carbocycles. The molecule has 0 aliphatic rings. The Bertz CT molecular complexity index is 571. The zero-order valence-corrected chi connectivity index (χ0v) is 14.7. The van der Waals surface area contributed by atoms with E-state index in [1.54, 1.807) is 0 Å². The van der Waals surface area contributed by atoms with Gasteiger partial charge in [0.1, 0.15) is 0 Å². The van der Waals surface area contributed by atoms with E-state index in [2.05, 4.69) is 9.97 Å². The zero-order chi connectivity index (χ0) is 19.0. The molecule has 0 fully saturated rings. The minimum atomic E-state index is -2.52. The van der Waals surface area contributed by atoms with Gasteiger partial charge >= 0.3 is 11.9 Å². The maximum absolute atomic E-state index is 12.8. The summed E-state index contributed by atoms with van der Waals surface area (Å²) in [6.07, 6.45) is 5.72. The van der Waals surface area contributed by atoms with Gasteiger partial charge in [-0.25, -0.2) is 4.98 Å². The number of aromatic amines is 1. The molecule has 0 aliphatic heterocycles. The standard InChI is InChI=1S/C17H27N3O5/c1-3-5-6-11(4-2)8-17(15(22)23,16(24)25)14(21)13(18)7-12-9-19-10-20-12/h9-11,13H,3-8,18H2,1-2H3,(H,19,20)(H,22,23)(H,24,25)/t11?,13-/m0/s1. The maximum Gasteiger partial charge on any atom is 0.328 e. The summed E-state index contributed by atoms with van der Waals surface area (Å²) >= 11 is 0. The monoisotopic (exact) mass is 353 g/mol. The summed E-state index contributed by atoms with van der Waals surface area (Å²) < 4.78 is 0. The number of aliphatic carboxylic acids is 2. The van der Waals surface area contributed by atoms with Crippen LogP contribution in [0.1, 0.15) is 51.6 Å². The van der Waals surface area contributed by atoms with Crippen LogP contribution in [0.15, 0.2) is 12.5 Å². The predicted octanol–water partition coefficient (Wildman–Crippen LogP) is 1.61. The summed E-state index contributed by atoms with van der Waals surface area (Å²) in [6.45, 7) is 3.86. The Morgan fingerprint density at radius 3 is 2.36 bits per heavy atom.